The quantitative estimate of drug-likeness (QED) is 0.880. The van der Waals surface area contributed by atoms with E-state index in [9.17, 15) is 13.5 Å². The van der Waals surface area contributed by atoms with E-state index in [1.807, 2.05) is 0 Å². The molecule has 1 aromatic carbocycles. The molecule has 0 bridgehead atoms. The van der Waals surface area contributed by atoms with Crippen molar-refractivity contribution in [2.75, 3.05) is 26.2 Å². The van der Waals surface area contributed by atoms with Crippen molar-refractivity contribution in [3.8, 4) is 0 Å². The van der Waals surface area contributed by atoms with E-state index < -0.39 is 10.0 Å². The Morgan fingerprint density at radius 1 is 1.21 bits per heavy atom. The second-order valence-electron chi connectivity index (χ2n) is 6.76. The van der Waals surface area contributed by atoms with Crippen LogP contribution >= 0.6 is 11.6 Å². The second-order valence-corrected chi connectivity index (χ2v) is 9.10. The van der Waals surface area contributed by atoms with Crippen molar-refractivity contribution in [2.24, 2.45) is 0 Å². The monoisotopic (exact) mass is 372 g/mol. The Morgan fingerprint density at radius 3 is 2.58 bits per heavy atom. The van der Waals surface area contributed by atoms with Gasteiger partial charge in [0, 0.05) is 30.2 Å². The SMILES string of the molecule is Cc1ccc(Cl)cc1S(=O)(=O)N1CCC(N2CCC[C@H]2CO)CC1. The van der Waals surface area contributed by atoms with Gasteiger partial charge in [0.15, 0.2) is 0 Å². The molecule has 0 amide bonds. The van der Waals surface area contributed by atoms with Crippen molar-refractivity contribution in [3.63, 3.8) is 0 Å². The molecule has 2 fully saturated rings. The van der Waals surface area contributed by atoms with Crippen LogP contribution in [0.4, 0.5) is 0 Å². The van der Waals surface area contributed by atoms with Crippen LogP contribution in [0.15, 0.2) is 23.1 Å². The fourth-order valence-electron chi connectivity index (χ4n) is 3.94. The predicted molar refractivity (Wildman–Crippen MR) is 94.8 cm³/mol. The van der Waals surface area contributed by atoms with Crippen LogP contribution in [0.2, 0.25) is 5.02 Å². The molecule has 2 aliphatic heterocycles. The first kappa shape index (κ1) is 18.1. The molecule has 0 spiro atoms. The maximum absolute atomic E-state index is 12.9. The highest BCUT2D eigenvalue weighted by Crippen LogP contribution is 2.29. The van der Waals surface area contributed by atoms with E-state index in [4.69, 9.17) is 11.6 Å². The smallest absolute Gasteiger partial charge is 0.243 e. The van der Waals surface area contributed by atoms with Crippen molar-refractivity contribution in [1.82, 2.24) is 9.21 Å². The molecule has 0 aromatic heterocycles. The number of hydrogen-bond donors (Lipinski definition) is 1. The summed E-state index contributed by atoms with van der Waals surface area (Å²) in [5.41, 5.74) is 0.724. The number of halogens is 1. The molecule has 1 atom stereocenters. The van der Waals surface area contributed by atoms with E-state index >= 15 is 0 Å². The van der Waals surface area contributed by atoms with Crippen LogP contribution in [0.3, 0.4) is 0 Å². The predicted octanol–water partition coefficient (Wildman–Crippen LogP) is 2.26. The average Bonchev–Trinajstić information content (AvgIpc) is 3.05. The summed E-state index contributed by atoms with van der Waals surface area (Å²) in [5, 5.41) is 9.93. The topological polar surface area (TPSA) is 60.9 Å². The summed E-state index contributed by atoms with van der Waals surface area (Å²) in [6.45, 7) is 4.05. The minimum atomic E-state index is -3.50. The van der Waals surface area contributed by atoms with Gasteiger partial charge in [-0.1, -0.05) is 17.7 Å². The van der Waals surface area contributed by atoms with E-state index in [1.165, 1.54) is 0 Å². The standard InChI is InChI=1S/C17H25ClN2O3S/c1-13-4-5-14(18)11-17(13)24(22,23)19-9-6-15(7-10-19)20-8-2-3-16(20)12-21/h4-5,11,15-16,21H,2-3,6-10,12H2,1H3/t16-/m0/s1. The van der Waals surface area contributed by atoms with E-state index in [0.29, 0.717) is 29.0 Å². The Morgan fingerprint density at radius 2 is 1.92 bits per heavy atom. The molecule has 2 aliphatic rings. The molecule has 0 radical (unpaired) electrons. The van der Waals surface area contributed by atoms with Crippen molar-refractivity contribution in [1.29, 1.82) is 0 Å². The van der Waals surface area contributed by atoms with Gasteiger partial charge in [-0.2, -0.15) is 4.31 Å². The molecule has 5 nitrogen and oxygen atoms in total. The van der Waals surface area contributed by atoms with Crippen LogP contribution in [-0.2, 0) is 10.0 Å². The number of benzene rings is 1. The largest absolute Gasteiger partial charge is 0.395 e. The number of likely N-dealkylation sites (tertiary alicyclic amines) is 1. The first-order valence-electron chi connectivity index (χ1n) is 8.56. The minimum Gasteiger partial charge on any atom is -0.395 e. The lowest BCUT2D eigenvalue weighted by atomic mass is 10.0. The molecule has 7 heteroatoms. The number of aliphatic hydroxyl groups excluding tert-OH is 1. The van der Waals surface area contributed by atoms with Gasteiger partial charge in [0.2, 0.25) is 10.0 Å². The fraction of sp³-hybridized carbons (Fsp3) is 0.647. The average molecular weight is 373 g/mol. The Labute approximate surface area is 149 Å². The van der Waals surface area contributed by atoms with Crippen molar-refractivity contribution in [3.05, 3.63) is 28.8 Å². The molecule has 1 aromatic rings. The Balaban J connectivity index is 1.71. The number of aryl methyl sites for hydroxylation is 1. The Bertz CT molecular complexity index is 687. The normalized spacial score (nSPS) is 24.5. The third-order valence-electron chi connectivity index (χ3n) is 5.29. The second kappa shape index (κ2) is 7.30. The van der Waals surface area contributed by atoms with Gasteiger partial charge in [-0.05, 0) is 56.8 Å². The highest BCUT2D eigenvalue weighted by Gasteiger charge is 2.36. The zero-order chi connectivity index (χ0) is 17.3. The van der Waals surface area contributed by atoms with Gasteiger partial charge < -0.3 is 5.11 Å². The highest BCUT2D eigenvalue weighted by molar-refractivity contribution is 7.89. The van der Waals surface area contributed by atoms with E-state index in [1.54, 1.807) is 29.4 Å². The maximum Gasteiger partial charge on any atom is 0.243 e. The van der Waals surface area contributed by atoms with Crippen molar-refractivity contribution in [2.45, 2.75) is 49.6 Å². The minimum absolute atomic E-state index is 0.195. The van der Waals surface area contributed by atoms with Crippen LogP contribution in [0.1, 0.15) is 31.2 Å². The third-order valence-corrected chi connectivity index (χ3v) is 7.57. The Hall–Kier alpha value is -0.660. The molecular formula is C17H25ClN2O3S. The molecule has 3 rings (SSSR count). The van der Waals surface area contributed by atoms with Gasteiger partial charge in [0.05, 0.1) is 11.5 Å². The Kier molecular flexibility index (Phi) is 5.52. The summed E-state index contributed by atoms with van der Waals surface area (Å²) in [6, 6.07) is 5.62. The molecule has 0 unspecified atom stereocenters. The number of aliphatic hydroxyl groups is 1. The number of sulfonamides is 1. The van der Waals surface area contributed by atoms with Gasteiger partial charge in [-0.15, -0.1) is 0 Å². The lowest BCUT2D eigenvalue weighted by Gasteiger charge is -2.38. The molecule has 2 heterocycles. The number of hydrogen-bond acceptors (Lipinski definition) is 4. The molecule has 134 valence electrons. The van der Waals surface area contributed by atoms with Crippen molar-refractivity contribution >= 4 is 21.6 Å². The molecule has 0 saturated carbocycles. The van der Waals surface area contributed by atoms with Gasteiger partial charge in [0.25, 0.3) is 0 Å². The van der Waals surface area contributed by atoms with E-state index in [0.717, 1.165) is 37.8 Å². The van der Waals surface area contributed by atoms with Crippen LogP contribution in [-0.4, -0.2) is 61.1 Å². The number of rotatable bonds is 4. The van der Waals surface area contributed by atoms with E-state index in [2.05, 4.69) is 4.90 Å². The summed E-state index contributed by atoms with van der Waals surface area (Å²) < 4.78 is 27.4. The zero-order valence-corrected chi connectivity index (χ0v) is 15.6. The fourth-order valence-corrected chi connectivity index (χ4v) is 5.90. The molecular weight excluding hydrogens is 348 g/mol. The lowest BCUT2D eigenvalue weighted by Crippen LogP contribution is -2.49. The van der Waals surface area contributed by atoms with E-state index in [-0.39, 0.29) is 12.6 Å². The van der Waals surface area contributed by atoms with Gasteiger partial charge in [-0.3, -0.25) is 4.90 Å². The zero-order valence-electron chi connectivity index (χ0n) is 14.0. The maximum atomic E-state index is 12.9. The molecule has 24 heavy (non-hydrogen) atoms. The summed E-state index contributed by atoms with van der Waals surface area (Å²) in [4.78, 5) is 2.68. The van der Waals surface area contributed by atoms with Crippen LogP contribution in [0.5, 0.6) is 0 Å². The molecule has 1 N–H and O–H groups in total. The van der Waals surface area contributed by atoms with Crippen molar-refractivity contribution < 1.29 is 13.5 Å². The van der Waals surface area contributed by atoms with Crippen LogP contribution in [0.25, 0.3) is 0 Å². The van der Waals surface area contributed by atoms with Gasteiger partial charge >= 0.3 is 0 Å². The molecule has 0 aliphatic carbocycles. The third kappa shape index (κ3) is 3.48. The first-order valence-corrected chi connectivity index (χ1v) is 10.4. The summed E-state index contributed by atoms with van der Waals surface area (Å²) in [7, 11) is -3.50. The summed E-state index contributed by atoms with van der Waals surface area (Å²) >= 11 is 5.99. The van der Waals surface area contributed by atoms with Crippen LogP contribution < -0.4 is 0 Å². The number of nitrogens with zero attached hydrogens (tertiary/aromatic N) is 2. The number of piperidine rings is 1. The van der Waals surface area contributed by atoms with Gasteiger partial charge in [0.1, 0.15) is 0 Å². The highest BCUT2D eigenvalue weighted by atomic mass is 35.5. The van der Waals surface area contributed by atoms with Gasteiger partial charge in [-0.25, -0.2) is 8.42 Å². The molecule has 2 saturated heterocycles. The summed E-state index contributed by atoms with van der Waals surface area (Å²) in [5.74, 6) is 0. The lowest BCUT2D eigenvalue weighted by molar-refractivity contribution is 0.0899. The summed E-state index contributed by atoms with van der Waals surface area (Å²) in [6.07, 6.45) is 3.78. The first-order chi connectivity index (χ1) is 11.4. The van der Waals surface area contributed by atoms with Crippen LogP contribution in [0, 0.1) is 6.92 Å².